The fourth-order valence-corrected chi connectivity index (χ4v) is 1.07. The van der Waals surface area contributed by atoms with Gasteiger partial charge in [0.05, 0.1) is 24.9 Å². The van der Waals surface area contributed by atoms with Gasteiger partial charge in [-0.2, -0.15) is 0 Å². The molecule has 1 rings (SSSR count). The average molecular weight is 173 g/mol. The molecule has 1 N–H and O–H groups in total. The van der Waals surface area contributed by atoms with Crippen molar-refractivity contribution in [2.75, 3.05) is 26.3 Å². The first-order valence-corrected chi connectivity index (χ1v) is 4.54. The Morgan fingerprint density at radius 1 is 1.50 bits per heavy atom. The molecule has 1 saturated heterocycles. The van der Waals surface area contributed by atoms with Crippen LogP contribution in [0.1, 0.15) is 20.8 Å². The van der Waals surface area contributed by atoms with E-state index in [4.69, 9.17) is 9.47 Å². The number of morpholine rings is 1. The smallest absolute Gasteiger partial charge is 0.0933 e. The van der Waals surface area contributed by atoms with Crippen molar-refractivity contribution in [3.63, 3.8) is 0 Å². The second kappa shape index (κ2) is 4.21. The molecule has 1 fully saturated rings. The van der Waals surface area contributed by atoms with E-state index in [0.29, 0.717) is 6.61 Å². The van der Waals surface area contributed by atoms with Gasteiger partial charge in [0.15, 0.2) is 0 Å². The third-order valence-corrected chi connectivity index (χ3v) is 1.71. The van der Waals surface area contributed by atoms with Crippen LogP contribution in [-0.2, 0) is 9.47 Å². The highest BCUT2D eigenvalue weighted by molar-refractivity contribution is 4.68. The summed E-state index contributed by atoms with van der Waals surface area (Å²) in [5.41, 5.74) is -0.0548. The Labute approximate surface area is 74.4 Å². The third-order valence-electron chi connectivity index (χ3n) is 1.71. The minimum Gasteiger partial charge on any atom is -0.373 e. The zero-order chi connectivity index (χ0) is 9.03. The normalized spacial score (nSPS) is 25.8. The largest absolute Gasteiger partial charge is 0.373 e. The summed E-state index contributed by atoms with van der Waals surface area (Å²) in [4.78, 5) is 0. The van der Waals surface area contributed by atoms with Gasteiger partial charge >= 0.3 is 0 Å². The lowest BCUT2D eigenvalue weighted by Gasteiger charge is -2.27. The highest BCUT2D eigenvalue weighted by Gasteiger charge is 2.17. The van der Waals surface area contributed by atoms with E-state index in [1.165, 1.54) is 0 Å². The molecular weight excluding hydrogens is 154 g/mol. The van der Waals surface area contributed by atoms with Gasteiger partial charge in [0.1, 0.15) is 0 Å². The molecule has 0 bridgehead atoms. The minimum absolute atomic E-state index is 0.0548. The van der Waals surface area contributed by atoms with Crippen LogP contribution in [0, 0.1) is 0 Å². The maximum atomic E-state index is 5.60. The van der Waals surface area contributed by atoms with Gasteiger partial charge in [-0.1, -0.05) is 0 Å². The van der Waals surface area contributed by atoms with Crippen LogP contribution < -0.4 is 5.32 Å². The second-order valence-corrected chi connectivity index (χ2v) is 4.12. The number of rotatable bonds is 2. The summed E-state index contributed by atoms with van der Waals surface area (Å²) in [5.74, 6) is 0. The lowest BCUT2D eigenvalue weighted by atomic mass is 10.2. The van der Waals surface area contributed by atoms with Crippen LogP contribution >= 0.6 is 0 Å². The number of ether oxygens (including phenoxy) is 2. The lowest BCUT2D eigenvalue weighted by Crippen LogP contribution is -2.42. The molecule has 72 valence electrons. The zero-order valence-electron chi connectivity index (χ0n) is 8.22. The molecule has 0 aromatic carbocycles. The quantitative estimate of drug-likeness (QED) is 0.669. The number of hydrogen-bond acceptors (Lipinski definition) is 3. The first kappa shape index (κ1) is 9.96. The van der Waals surface area contributed by atoms with Crippen molar-refractivity contribution in [3.8, 4) is 0 Å². The molecule has 0 aliphatic carbocycles. The van der Waals surface area contributed by atoms with E-state index in [1.807, 2.05) is 0 Å². The van der Waals surface area contributed by atoms with Crippen LogP contribution in [0.15, 0.2) is 0 Å². The highest BCUT2D eigenvalue weighted by atomic mass is 16.5. The number of hydrogen-bond donors (Lipinski definition) is 1. The van der Waals surface area contributed by atoms with Crippen LogP contribution in [0.25, 0.3) is 0 Å². The second-order valence-electron chi connectivity index (χ2n) is 4.12. The monoisotopic (exact) mass is 173 g/mol. The van der Waals surface area contributed by atoms with Crippen LogP contribution in [0.3, 0.4) is 0 Å². The van der Waals surface area contributed by atoms with E-state index >= 15 is 0 Å². The highest BCUT2D eigenvalue weighted by Crippen LogP contribution is 2.08. The molecule has 3 heteroatoms. The maximum Gasteiger partial charge on any atom is 0.0933 e. The summed E-state index contributed by atoms with van der Waals surface area (Å²) in [6.07, 6.45) is 0.234. The third kappa shape index (κ3) is 4.04. The maximum absolute atomic E-state index is 5.60. The lowest BCUT2D eigenvalue weighted by molar-refractivity contribution is -0.0803. The van der Waals surface area contributed by atoms with Crippen LogP contribution in [-0.4, -0.2) is 38.0 Å². The SMILES string of the molecule is CC(C)(C)OCC1CNCCO1. The Morgan fingerprint density at radius 2 is 2.25 bits per heavy atom. The molecule has 1 heterocycles. The van der Waals surface area contributed by atoms with E-state index in [-0.39, 0.29) is 11.7 Å². The van der Waals surface area contributed by atoms with Crippen molar-refractivity contribution in [1.29, 1.82) is 0 Å². The Bertz CT molecular complexity index is 125. The van der Waals surface area contributed by atoms with Crippen molar-refractivity contribution in [1.82, 2.24) is 5.32 Å². The standard InChI is InChI=1S/C9H19NO2/c1-9(2,3)12-7-8-6-10-4-5-11-8/h8,10H,4-7H2,1-3H3. The van der Waals surface area contributed by atoms with Crippen LogP contribution in [0.5, 0.6) is 0 Å². The summed E-state index contributed by atoms with van der Waals surface area (Å²) < 4.78 is 11.1. The molecule has 0 spiro atoms. The fourth-order valence-electron chi connectivity index (χ4n) is 1.07. The molecule has 3 nitrogen and oxygen atoms in total. The van der Waals surface area contributed by atoms with Crippen LogP contribution in [0.2, 0.25) is 0 Å². The first-order valence-electron chi connectivity index (χ1n) is 4.54. The zero-order valence-corrected chi connectivity index (χ0v) is 8.22. The van der Waals surface area contributed by atoms with E-state index in [1.54, 1.807) is 0 Å². The summed E-state index contributed by atoms with van der Waals surface area (Å²) in [7, 11) is 0. The Kier molecular flexibility index (Phi) is 3.50. The Morgan fingerprint density at radius 3 is 2.75 bits per heavy atom. The molecule has 0 aromatic heterocycles. The van der Waals surface area contributed by atoms with Gasteiger partial charge in [-0.05, 0) is 20.8 Å². The fraction of sp³-hybridized carbons (Fsp3) is 1.00. The minimum atomic E-state index is -0.0548. The van der Waals surface area contributed by atoms with E-state index in [0.717, 1.165) is 19.7 Å². The van der Waals surface area contributed by atoms with E-state index < -0.39 is 0 Å². The van der Waals surface area contributed by atoms with Gasteiger partial charge in [-0.15, -0.1) is 0 Å². The molecular formula is C9H19NO2. The van der Waals surface area contributed by atoms with Gasteiger partial charge in [-0.3, -0.25) is 0 Å². The predicted octanol–water partition coefficient (Wildman–Crippen LogP) is 0.790. The van der Waals surface area contributed by atoms with Gasteiger partial charge in [0.25, 0.3) is 0 Å². The molecule has 12 heavy (non-hydrogen) atoms. The molecule has 1 aliphatic rings. The predicted molar refractivity (Wildman–Crippen MR) is 48.3 cm³/mol. The van der Waals surface area contributed by atoms with Crippen molar-refractivity contribution in [2.45, 2.75) is 32.5 Å². The molecule has 0 radical (unpaired) electrons. The summed E-state index contributed by atoms with van der Waals surface area (Å²) in [6.45, 7) is 9.55. The van der Waals surface area contributed by atoms with Gasteiger partial charge in [0, 0.05) is 13.1 Å². The summed E-state index contributed by atoms with van der Waals surface area (Å²) >= 11 is 0. The van der Waals surface area contributed by atoms with Gasteiger partial charge in [-0.25, -0.2) is 0 Å². The average Bonchev–Trinajstić information content (AvgIpc) is 2.02. The molecule has 0 amide bonds. The topological polar surface area (TPSA) is 30.5 Å². The molecule has 0 saturated carbocycles. The molecule has 1 unspecified atom stereocenters. The van der Waals surface area contributed by atoms with Crippen molar-refractivity contribution in [3.05, 3.63) is 0 Å². The van der Waals surface area contributed by atoms with E-state index in [9.17, 15) is 0 Å². The Balaban J connectivity index is 2.13. The number of nitrogens with one attached hydrogen (secondary N) is 1. The molecule has 1 aliphatic heterocycles. The van der Waals surface area contributed by atoms with Crippen molar-refractivity contribution >= 4 is 0 Å². The summed E-state index contributed by atoms with van der Waals surface area (Å²) in [5, 5.41) is 3.27. The van der Waals surface area contributed by atoms with Crippen LogP contribution in [0.4, 0.5) is 0 Å². The molecule has 1 atom stereocenters. The molecule has 0 aromatic rings. The first-order chi connectivity index (χ1) is 5.58. The van der Waals surface area contributed by atoms with Crippen molar-refractivity contribution < 1.29 is 9.47 Å². The Hall–Kier alpha value is -0.120. The summed E-state index contributed by atoms with van der Waals surface area (Å²) in [6, 6.07) is 0. The van der Waals surface area contributed by atoms with Crippen molar-refractivity contribution in [2.24, 2.45) is 0 Å². The van der Waals surface area contributed by atoms with Gasteiger partial charge in [0.2, 0.25) is 0 Å². The van der Waals surface area contributed by atoms with E-state index in [2.05, 4.69) is 26.1 Å². The van der Waals surface area contributed by atoms with Gasteiger partial charge < -0.3 is 14.8 Å².